The second kappa shape index (κ2) is 24.4. The van der Waals surface area contributed by atoms with Crippen molar-refractivity contribution in [2.24, 2.45) is 0 Å². The van der Waals surface area contributed by atoms with Gasteiger partial charge in [0.05, 0.1) is 6.61 Å². The van der Waals surface area contributed by atoms with E-state index in [0.29, 0.717) is 13.0 Å². The third-order valence-electron chi connectivity index (χ3n) is 4.67. The van der Waals surface area contributed by atoms with Gasteiger partial charge in [-0.05, 0) is 44.9 Å². The number of amides is 1. The summed E-state index contributed by atoms with van der Waals surface area (Å²) in [5, 5.41) is 11.3. The minimum absolute atomic E-state index is 0.00315. The molecule has 0 aromatic rings. The summed E-state index contributed by atoms with van der Waals surface area (Å²) in [7, 11) is 0. The van der Waals surface area contributed by atoms with Crippen LogP contribution in [0.15, 0.2) is 48.6 Å². The first kappa shape index (κ1) is 27.4. The molecule has 0 unspecified atom stereocenters. The molecule has 0 aromatic heterocycles. The van der Waals surface area contributed by atoms with Gasteiger partial charge in [0.1, 0.15) is 0 Å². The summed E-state index contributed by atoms with van der Waals surface area (Å²) in [5.41, 5.74) is 0. The van der Waals surface area contributed by atoms with Gasteiger partial charge >= 0.3 is 0 Å². The molecular weight excluding hydrogens is 358 g/mol. The number of carbonyl (C=O) groups excluding carboxylic acids is 1. The molecule has 166 valence electrons. The Morgan fingerprint density at radius 1 is 0.690 bits per heavy atom. The number of hydrogen-bond acceptors (Lipinski definition) is 2. The number of aliphatic hydroxyl groups excluding tert-OH is 1. The second-order valence-corrected chi connectivity index (χ2v) is 7.47. The van der Waals surface area contributed by atoms with E-state index in [4.69, 9.17) is 5.11 Å². The molecule has 0 rings (SSSR count). The second-order valence-electron chi connectivity index (χ2n) is 7.47. The molecule has 3 nitrogen and oxygen atoms in total. The van der Waals surface area contributed by atoms with Crippen LogP contribution in [0.4, 0.5) is 0 Å². The molecule has 0 aromatic carbocycles. The normalized spacial score (nSPS) is 12.2. The van der Waals surface area contributed by atoms with Crippen molar-refractivity contribution >= 4 is 5.91 Å². The van der Waals surface area contributed by atoms with E-state index in [-0.39, 0.29) is 12.5 Å². The van der Waals surface area contributed by atoms with Crippen LogP contribution in [-0.2, 0) is 4.79 Å². The van der Waals surface area contributed by atoms with Crippen LogP contribution >= 0.6 is 0 Å². The van der Waals surface area contributed by atoms with Gasteiger partial charge in [0.15, 0.2) is 0 Å². The fraction of sp³-hybridized carbons (Fsp3) is 0.654. The van der Waals surface area contributed by atoms with Crippen molar-refractivity contribution in [1.29, 1.82) is 0 Å². The maximum Gasteiger partial charge on any atom is 0.220 e. The van der Waals surface area contributed by atoms with Gasteiger partial charge in [0, 0.05) is 13.0 Å². The lowest BCUT2D eigenvalue weighted by molar-refractivity contribution is -0.121. The summed E-state index contributed by atoms with van der Waals surface area (Å²) >= 11 is 0. The maximum absolute atomic E-state index is 11.3. The van der Waals surface area contributed by atoms with Crippen molar-refractivity contribution < 1.29 is 9.90 Å². The lowest BCUT2D eigenvalue weighted by Gasteiger charge is -2.00. The van der Waals surface area contributed by atoms with E-state index >= 15 is 0 Å². The SMILES string of the molecule is CCCCCCCCC/C=C\C/C=C\C/C=C\C/C=C\CCCC(=O)NCCO. The lowest BCUT2D eigenvalue weighted by atomic mass is 10.1. The van der Waals surface area contributed by atoms with Crippen LogP contribution in [0.5, 0.6) is 0 Å². The van der Waals surface area contributed by atoms with E-state index < -0.39 is 0 Å². The largest absolute Gasteiger partial charge is 0.395 e. The summed E-state index contributed by atoms with van der Waals surface area (Å²) < 4.78 is 0. The molecule has 0 bridgehead atoms. The van der Waals surface area contributed by atoms with Gasteiger partial charge < -0.3 is 10.4 Å². The lowest BCUT2D eigenvalue weighted by Crippen LogP contribution is -2.25. The standard InChI is InChI=1S/C26H45NO2/c1-2-3-4-5-6-7-8-9-10-11-12-13-14-15-16-17-18-19-20-21-22-23-26(29)27-24-25-28/h10-11,13-14,16-17,19-20,28H,2-9,12,15,18,21-25H2,1H3,(H,27,29)/b11-10-,14-13-,17-16-,20-19-. The molecule has 2 N–H and O–H groups in total. The fourth-order valence-electron chi connectivity index (χ4n) is 2.93. The molecule has 0 atom stereocenters. The topological polar surface area (TPSA) is 49.3 Å². The van der Waals surface area contributed by atoms with Crippen molar-refractivity contribution in [3.05, 3.63) is 48.6 Å². The molecule has 0 heterocycles. The molecule has 0 radical (unpaired) electrons. The first-order valence-corrected chi connectivity index (χ1v) is 11.8. The number of rotatable bonds is 20. The van der Waals surface area contributed by atoms with E-state index in [2.05, 4.69) is 60.8 Å². The Balaban J connectivity index is 3.41. The maximum atomic E-state index is 11.3. The zero-order valence-corrected chi connectivity index (χ0v) is 18.8. The van der Waals surface area contributed by atoms with Crippen LogP contribution in [-0.4, -0.2) is 24.2 Å². The monoisotopic (exact) mass is 403 g/mol. The van der Waals surface area contributed by atoms with Crippen LogP contribution in [0.1, 0.15) is 96.8 Å². The van der Waals surface area contributed by atoms with Gasteiger partial charge in [-0.2, -0.15) is 0 Å². The first-order valence-electron chi connectivity index (χ1n) is 11.8. The Hall–Kier alpha value is -1.61. The molecule has 0 saturated carbocycles. The first-order chi connectivity index (χ1) is 14.3. The van der Waals surface area contributed by atoms with Crippen LogP contribution in [0.25, 0.3) is 0 Å². The molecule has 0 spiro atoms. The molecule has 0 aliphatic heterocycles. The van der Waals surface area contributed by atoms with E-state index in [1.54, 1.807) is 0 Å². The highest BCUT2D eigenvalue weighted by Gasteiger charge is 1.97. The van der Waals surface area contributed by atoms with E-state index in [1.165, 1.54) is 51.4 Å². The minimum atomic E-state index is 0.00315. The highest BCUT2D eigenvalue weighted by molar-refractivity contribution is 5.75. The number of hydrogen-bond donors (Lipinski definition) is 2. The fourth-order valence-corrected chi connectivity index (χ4v) is 2.93. The number of unbranched alkanes of at least 4 members (excludes halogenated alkanes) is 8. The Kier molecular flexibility index (Phi) is 23.1. The van der Waals surface area contributed by atoms with Crippen molar-refractivity contribution in [3.8, 4) is 0 Å². The van der Waals surface area contributed by atoms with Gasteiger partial charge in [-0.3, -0.25) is 4.79 Å². The predicted octanol–water partition coefficient (Wildman–Crippen LogP) is 6.80. The molecule has 29 heavy (non-hydrogen) atoms. The quantitative estimate of drug-likeness (QED) is 0.173. The summed E-state index contributed by atoms with van der Waals surface area (Å²) in [6, 6.07) is 0. The zero-order chi connectivity index (χ0) is 21.3. The van der Waals surface area contributed by atoms with Crippen molar-refractivity contribution in [2.75, 3.05) is 13.2 Å². The van der Waals surface area contributed by atoms with Crippen molar-refractivity contribution in [2.45, 2.75) is 96.8 Å². The third-order valence-corrected chi connectivity index (χ3v) is 4.67. The summed E-state index contributed by atoms with van der Waals surface area (Å²) in [6.45, 7) is 2.62. The number of aliphatic hydroxyl groups is 1. The molecule has 0 aliphatic carbocycles. The van der Waals surface area contributed by atoms with Crippen LogP contribution in [0.2, 0.25) is 0 Å². The smallest absolute Gasteiger partial charge is 0.220 e. The summed E-state index contributed by atoms with van der Waals surface area (Å²) in [5.74, 6) is 0.0202. The molecule has 0 saturated heterocycles. The zero-order valence-electron chi connectivity index (χ0n) is 18.8. The molecule has 0 fully saturated rings. The van der Waals surface area contributed by atoms with Gasteiger partial charge in [0.2, 0.25) is 5.91 Å². The average molecular weight is 404 g/mol. The van der Waals surface area contributed by atoms with Crippen molar-refractivity contribution in [3.63, 3.8) is 0 Å². The number of allylic oxidation sites excluding steroid dienone is 8. The van der Waals surface area contributed by atoms with Gasteiger partial charge in [-0.15, -0.1) is 0 Å². The molecule has 1 amide bonds. The van der Waals surface area contributed by atoms with Gasteiger partial charge in [-0.25, -0.2) is 0 Å². The highest BCUT2D eigenvalue weighted by atomic mass is 16.3. The van der Waals surface area contributed by atoms with E-state index in [9.17, 15) is 4.79 Å². The van der Waals surface area contributed by atoms with Crippen LogP contribution in [0.3, 0.4) is 0 Å². The molecule has 3 heteroatoms. The average Bonchev–Trinajstić information content (AvgIpc) is 2.73. The Morgan fingerprint density at radius 2 is 1.17 bits per heavy atom. The number of nitrogens with one attached hydrogen (secondary N) is 1. The molecular formula is C26H45NO2. The van der Waals surface area contributed by atoms with Gasteiger partial charge in [-0.1, -0.05) is 94.1 Å². The summed E-state index contributed by atoms with van der Waals surface area (Å²) in [4.78, 5) is 11.3. The van der Waals surface area contributed by atoms with E-state index in [0.717, 1.165) is 32.1 Å². The minimum Gasteiger partial charge on any atom is -0.395 e. The van der Waals surface area contributed by atoms with Crippen LogP contribution in [0, 0.1) is 0 Å². The molecule has 0 aliphatic rings. The van der Waals surface area contributed by atoms with Gasteiger partial charge in [0.25, 0.3) is 0 Å². The van der Waals surface area contributed by atoms with Crippen molar-refractivity contribution in [1.82, 2.24) is 5.32 Å². The Morgan fingerprint density at radius 3 is 1.72 bits per heavy atom. The van der Waals surface area contributed by atoms with E-state index in [1.807, 2.05) is 0 Å². The van der Waals surface area contributed by atoms with Crippen LogP contribution < -0.4 is 5.32 Å². The Labute approximate surface area is 180 Å². The highest BCUT2D eigenvalue weighted by Crippen LogP contribution is 2.08. The third kappa shape index (κ3) is 24.4. The number of carbonyl (C=O) groups is 1. The Bertz CT molecular complexity index is 463. The summed E-state index contributed by atoms with van der Waals surface area (Å²) in [6.07, 6.45) is 33.9. The predicted molar refractivity (Wildman–Crippen MR) is 127 cm³/mol.